The number of carbonyl (C=O) groups is 1. The molecule has 0 amide bonds. The van der Waals surface area contributed by atoms with Crippen molar-refractivity contribution in [3.05, 3.63) is 65.7 Å². The summed E-state index contributed by atoms with van der Waals surface area (Å²) in [6, 6.07) is 16.3. The summed E-state index contributed by atoms with van der Waals surface area (Å²) in [4.78, 5) is 14.8. The Kier molecular flexibility index (Phi) is 4.33. The number of benzene rings is 2. The molecular formula is C18H19NO3S. The standard InChI is InChI=1S/C18H19NO3S/c1-23(21,22)16-9-7-15(8-10-16)18(20)17-13-19(17)12-11-14-5-3-2-4-6-14/h2-10,17H,11-13H2,1H3/t17-,19?/m1/s1. The highest BCUT2D eigenvalue weighted by molar-refractivity contribution is 7.90. The summed E-state index contributed by atoms with van der Waals surface area (Å²) in [6.07, 6.45) is 2.09. The first-order chi connectivity index (χ1) is 10.9. The molecule has 120 valence electrons. The normalized spacial score (nSPS) is 20.2. The minimum Gasteiger partial charge on any atom is -0.292 e. The van der Waals surface area contributed by atoms with E-state index in [1.165, 1.54) is 17.7 Å². The topological polar surface area (TPSA) is 54.2 Å². The van der Waals surface area contributed by atoms with Crippen LogP contribution in [-0.2, 0) is 16.3 Å². The average molecular weight is 329 g/mol. The predicted molar refractivity (Wildman–Crippen MR) is 89.4 cm³/mol. The summed E-state index contributed by atoms with van der Waals surface area (Å²) in [5, 5.41) is 0. The van der Waals surface area contributed by atoms with Crippen molar-refractivity contribution in [2.75, 3.05) is 19.3 Å². The Morgan fingerprint density at radius 3 is 2.35 bits per heavy atom. The molecule has 0 N–H and O–H groups in total. The highest BCUT2D eigenvalue weighted by Crippen LogP contribution is 2.23. The van der Waals surface area contributed by atoms with Gasteiger partial charge < -0.3 is 0 Å². The average Bonchev–Trinajstić information content (AvgIpc) is 3.32. The van der Waals surface area contributed by atoms with Gasteiger partial charge in [-0.25, -0.2) is 8.42 Å². The molecule has 1 aliphatic rings. The molecule has 2 aromatic rings. The zero-order chi connectivity index (χ0) is 16.4. The first-order valence-electron chi connectivity index (χ1n) is 7.57. The molecule has 0 spiro atoms. The van der Waals surface area contributed by atoms with Gasteiger partial charge in [-0.2, -0.15) is 0 Å². The summed E-state index contributed by atoms with van der Waals surface area (Å²) in [5.41, 5.74) is 1.84. The molecule has 2 aromatic carbocycles. The molecule has 1 aliphatic heterocycles. The predicted octanol–water partition coefficient (Wildman–Crippen LogP) is 2.20. The van der Waals surface area contributed by atoms with Crippen molar-refractivity contribution >= 4 is 15.6 Å². The fourth-order valence-electron chi connectivity index (χ4n) is 2.65. The van der Waals surface area contributed by atoms with Gasteiger partial charge in [0.2, 0.25) is 0 Å². The maximum absolute atomic E-state index is 12.4. The first-order valence-corrected chi connectivity index (χ1v) is 9.46. The Morgan fingerprint density at radius 2 is 1.74 bits per heavy atom. The lowest BCUT2D eigenvalue weighted by molar-refractivity contribution is 0.0975. The lowest BCUT2D eigenvalue weighted by Crippen LogP contribution is -2.15. The molecule has 0 aliphatic carbocycles. The van der Waals surface area contributed by atoms with Crippen LogP contribution in [0.4, 0.5) is 0 Å². The molecule has 0 aromatic heterocycles. The summed E-state index contributed by atoms with van der Waals surface area (Å²) in [6.45, 7) is 1.64. The number of Topliss-reactive ketones (excluding diaryl/α,β-unsaturated/α-hetero) is 1. The zero-order valence-electron chi connectivity index (χ0n) is 13.0. The Morgan fingerprint density at radius 1 is 1.09 bits per heavy atom. The number of hydrogen-bond acceptors (Lipinski definition) is 4. The molecule has 4 nitrogen and oxygen atoms in total. The van der Waals surface area contributed by atoms with E-state index in [9.17, 15) is 13.2 Å². The smallest absolute Gasteiger partial charge is 0.181 e. The maximum Gasteiger partial charge on any atom is 0.181 e. The second-order valence-corrected chi connectivity index (χ2v) is 7.92. The van der Waals surface area contributed by atoms with E-state index in [4.69, 9.17) is 0 Å². The van der Waals surface area contributed by atoms with Crippen LogP contribution in [0.5, 0.6) is 0 Å². The van der Waals surface area contributed by atoms with Crippen LogP contribution in [0.3, 0.4) is 0 Å². The largest absolute Gasteiger partial charge is 0.292 e. The van der Waals surface area contributed by atoms with Crippen LogP contribution in [0.25, 0.3) is 0 Å². The number of sulfone groups is 1. The van der Waals surface area contributed by atoms with E-state index in [1.807, 2.05) is 18.2 Å². The molecule has 0 radical (unpaired) electrons. The van der Waals surface area contributed by atoms with Gasteiger partial charge >= 0.3 is 0 Å². The first kappa shape index (κ1) is 15.9. The minimum atomic E-state index is -3.22. The SMILES string of the molecule is CS(=O)(=O)c1ccc(C(=O)[C@H]2CN2CCc2ccccc2)cc1. The van der Waals surface area contributed by atoms with Gasteiger partial charge in [-0.1, -0.05) is 42.5 Å². The van der Waals surface area contributed by atoms with Crippen LogP contribution in [0.15, 0.2) is 59.5 Å². The highest BCUT2D eigenvalue weighted by Gasteiger charge is 2.39. The van der Waals surface area contributed by atoms with Gasteiger partial charge in [-0.05, 0) is 24.1 Å². The molecule has 1 unspecified atom stereocenters. The Hall–Kier alpha value is -1.98. The summed E-state index contributed by atoms with van der Waals surface area (Å²) < 4.78 is 22.9. The highest BCUT2D eigenvalue weighted by atomic mass is 32.2. The number of carbonyl (C=O) groups excluding carboxylic acids is 1. The second kappa shape index (κ2) is 6.26. The van der Waals surface area contributed by atoms with Crippen LogP contribution < -0.4 is 0 Å². The van der Waals surface area contributed by atoms with Gasteiger partial charge in [-0.15, -0.1) is 0 Å². The fourth-order valence-corrected chi connectivity index (χ4v) is 3.28. The van der Waals surface area contributed by atoms with Crippen molar-refractivity contribution in [1.29, 1.82) is 0 Å². The summed E-state index contributed by atoms with van der Waals surface area (Å²) in [5.74, 6) is 0.0677. The molecule has 5 heteroatoms. The van der Waals surface area contributed by atoms with E-state index in [1.54, 1.807) is 12.1 Å². The Bertz CT molecular complexity index is 798. The van der Waals surface area contributed by atoms with E-state index in [0.717, 1.165) is 25.8 Å². The number of rotatable bonds is 6. The van der Waals surface area contributed by atoms with Crippen molar-refractivity contribution in [1.82, 2.24) is 4.90 Å². The molecule has 2 atom stereocenters. The lowest BCUT2D eigenvalue weighted by atomic mass is 10.1. The van der Waals surface area contributed by atoms with Gasteiger partial charge in [-0.3, -0.25) is 9.69 Å². The fraction of sp³-hybridized carbons (Fsp3) is 0.278. The van der Waals surface area contributed by atoms with E-state index >= 15 is 0 Å². The van der Waals surface area contributed by atoms with Crippen LogP contribution >= 0.6 is 0 Å². The molecule has 0 saturated carbocycles. The second-order valence-electron chi connectivity index (χ2n) is 5.91. The van der Waals surface area contributed by atoms with Crippen LogP contribution in [0, 0.1) is 0 Å². The maximum atomic E-state index is 12.4. The number of hydrogen-bond donors (Lipinski definition) is 0. The van der Waals surface area contributed by atoms with Crippen molar-refractivity contribution in [2.45, 2.75) is 17.4 Å². The monoisotopic (exact) mass is 329 g/mol. The summed E-state index contributed by atoms with van der Waals surface area (Å²) >= 11 is 0. The Labute approximate surface area is 136 Å². The third kappa shape index (κ3) is 3.86. The van der Waals surface area contributed by atoms with Gasteiger partial charge in [0, 0.05) is 24.9 Å². The van der Waals surface area contributed by atoms with E-state index in [0.29, 0.717) is 5.56 Å². The molecule has 1 fully saturated rings. The third-order valence-corrected chi connectivity index (χ3v) is 5.24. The minimum absolute atomic E-state index is 0.0669. The van der Waals surface area contributed by atoms with Crippen molar-refractivity contribution in [3.63, 3.8) is 0 Å². The van der Waals surface area contributed by atoms with Crippen LogP contribution in [0.2, 0.25) is 0 Å². The van der Waals surface area contributed by atoms with Gasteiger partial charge in [0.25, 0.3) is 0 Å². The molecule has 0 bridgehead atoms. The quantitative estimate of drug-likeness (QED) is 0.602. The third-order valence-electron chi connectivity index (χ3n) is 4.11. The lowest BCUT2D eigenvalue weighted by Gasteiger charge is -2.05. The number of ketones is 1. The van der Waals surface area contributed by atoms with E-state index < -0.39 is 9.84 Å². The molecule has 23 heavy (non-hydrogen) atoms. The van der Waals surface area contributed by atoms with Crippen molar-refractivity contribution in [2.24, 2.45) is 0 Å². The summed E-state index contributed by atoms with van der Waals surface area (Å²) in [7, 11) is -3.22. The molecule has 1 heterocycles. The van der Waals surface area contributed by atoms with E-state index in [2.05, 4.69) is 17.0 Å². The molecular weight excluding hydrogens is 310 g/mol. The zero-order valence-corrected chi connectivity index (χ0v) is 13.8. The van der Waals surface area contributed by atoms with E-state index in [-0.39, 0.29) is 16.7 Å². The van der Waals surface area contributed by atoms with Crippen LogP contribution in [-0.4, -0.2) is 44.5 Å². The van der Waals surface area contributed by atoms with Gasteiger partial charge in [0.1, 0.15) is 0 Å². The molecule has 1 saturated heterocycles. The molecule has 3 rings (SSSR count). The van der Waals surface area contributed by atoms with Crippen molar-refractivity contribution in [3.8, 4) is 0 Å². The number of nitrogens with zero attached hydrogens (tertiary/aromatic N) is 1. The van der Waals surface area contributed by atoms with Gasteiger partial charge in [0.05, 0.1) is 10.9 Å². The van der Waals surface area contributed by atoms with Gasteiger partial charge in [0.15, 0.2) is 15.6 Å². The van der Waals surface area contributed by atoms with Crippen molar-refractivity contribution < 1.29 is 13.2 Å². The van der Waals surface area contributed by atoms with Crippen LogP contribution in [0.1, 0.15) is 15.9 Å². The Balaban J connectivity index is 1.58.